The largest absolute Gasteiger partial charge is 0.292 e. The summed E-state index contributed by atoms with van der Waals surface area (Å²) in [4.78, 5) is 15.7. The number of hydrogen-bond acceptors (Lipinski definition) is 2. The molecule has 1 heterocycles. The van der Waals surface area contributed by atoms with Crippen LogP contribution in [0.4, 0.5) is 4.39 Å². The highest BCUT2D eigenvalue weighted by Gasteiger charge is 2.13. The number of rotatable bonds is 3. The third kappa shape index (κ3) is 2.56. The summed E-state index contributed by atoms with van der Waals surface area (Å²) >= 11 is 0. The van der Waals surface area contributed by atoms with Crippen molar-refractivity contribution in [1.82, 2.24) is 4.98 Å². The van der Waals surface area contributed by atoms with Gasteiger partial charge in [0.25, 0.3) is 0 Å². The molecule has 0 saturated carbocycles. The SMILES string of the molecule is Cc1ccccc1CC(=O)c1ncccc1F. The number of benzene rings is 1. The van der Waals surface area contributed by atoms with Crippen LogP contribution in [0.3, 0.4) is 0 Å². The van der Waals surface area contributed by atoms with E-state index in [2.05, 4.69) is 4.98 Å². The first-order valence-corrected chi connectivity index (χ1v) is 5.36. The molecule has 17 heavy (non-hydrogen) atoms. The maximum atomic E-state index is 13.4. The second-order valence-corrected chi connectivity index (χ2v) is 3.86. The van der Waals surface area contributed by atoms with Gasteiger partial charge in [0.1, 0.15) is 5.69 Å². The molecule has 0 saturated heterocycles. The Hall–Kier alpha value is -2.03. The van der Waals surface area contributed by atoms with Gasteiger partial charge in [0.05, 0.1) is 0 Å². The number of pyridine rings is 1. The highest BCUT2D eigenvalue weighted by atomic mass is 19.1. The number of aromatic nitrogens is 1. The van der Waals surface area contributed by atoms with E-state index >= 15 is 0 Å². The summed E-state index contributed by atoms with van der Waals surface area (Å²) in [6.07, 6.45) is 1.61. The molecule has 0 aliphatic heterocycles. The van der Waals surface area contributed by atoms with Gasteiger partial charge in [-0.15, -0.1) is 0 Å². The lowest BCUT2D eigenvalue weighted by Crippen LogP contribution is -2.09. The van der Waals surface area contributed by atoms with Gasteiger partial charge in [-0.1, -0.05) is 24.3 Å². The Bertz CT molecular complexity index is 551. The van der Waals surface area contributed by atoms with E-state index in [9.17, 15) is 9.18 Å². The van der Waals surface area contributed by atoms with Crippen LogP contribution in [-0.4, -0.2) is 10.8 Å². The standard InChI is InChI=1S/C14H12FNO/c1-10-5-2-3-6-11(10)9-13(17)14-12(15)7-4-8-16-14/h2-8H,9H2,1H3. The van der Waals surface area contributed by atoms with Gasteiger partial charge in [0.2, 0.25) is 0 Å². The van der Waals surface area contributed by atoms with Gasteiger partial charge in [0.15, 0.2) is 11.6 Å². The van der Waals surface area contributed by atoms with Crippen LogP contribution in [0.15, 0.2) is 42.6 Å². The molecule has 2 aromatic rings. The lowest BCUT2D eigenvalue weighted by Gasteiger charge is -2.04. The molecule has 0 spiro atoms. The zero-order chi connectivity index (χ0) is 12.3. The molecule has 0 bridgehead atoms. The first-order valence-electron chi connectivity index (χ1n) is 5.36. The Kier molecular flexibility index (Phi) is 3.28. The molecule has 1 aromatic heterocycles. The van der Waals surface area contributed by atoms with Crippen molar-refractivity contribution in [3.63, 3.8) is 0 Å². The highest BCUT2D eigenvalue weighted by molar-refractivity contribution is 5.96. The molecule has 0 radical (unpaired) electrons. The molecular formula is C14H12FNO. The van der Waals surface area contributed by atoms with Crippen molar-refractivity contribution in [2.75, 3.05) is 0 Å². The van der Waals surface area contributed by atoms with Crippen molar-refractivity contribution in [1.29, 1.82) is 0 Å². The molecule has 1 aromatic carbocycles. The Morgan fingerprint density at radius 3 is 2.71 bits per heavy atom. The fourth-order valence-corrected chi connectivity index (χ4v) is 1.66. The number of carbonyl (C=O) groups excluding carboxylic acids is 1. The van der Waals surface area contributed by atoms with E-state index in [1.165, 1.54) is 18.3 Å². The van der Waals surface area contributed by atoms with Gasteiger partial charge in [-0.2, -0.15) is 0 Å². The Morgan fingerprint density at radius 1 is 1.24 bits per heavy atom. The summed E-state index contributed by atoms with van der Waals surface area (Å²) in [5.41, 5.74) is 1.84. The second kappa shape index (κ2) is 4.87. The van der Waals surface area contributed by atoms with Gasteiger partial charge in [-0.25, -0.2) is 4.39 Å². The highest BCUT2D eigenvalue weighted by Crippen LogP contribution is 2.12. The molecule has 0 N–H and O–H groups in total. The van der Waals surface area contributed by atoms with Crippen molar-refractivity contribution in [3.8, 4) is 0 Å². The van der Waals surface area contributed by atoms with Crippen molar-refractivity contribution in [2.24, 2.45) is 0 Å². The lowest BCUT2D eigenvalue weighted by atomic mass is 10.0. The Labute approximate surface area is 99.1 Å². The van der Waals surface area contributed by atoms with E-state index in [1.54, 1.807) is 0 Å². The van der Waals surface area contributed by atoms with Crippen molar-refractivity contribution in [3.05, 3.63) is 65.2 Å². The predicted molar refractivity (Wildman–Crippen MR) is 63.4 cm³/mol. The summed E-state index contributed by atoms with van der Waals surface area (Å²) < 4.78 is 13.4. The van der Waals surface area contributed by atoms with E-state index < -0.39 is 5.82 Å². The molecule has 0 aliphatic carbocycles. The molecule has 86 valence electrons. The molecule has 3 heteroatoms. The summed E-state index contributed by atoms with van der Waals surface area (Å²) in [5.74, 6) is -0.858. The second-order valence-electron chi connectivity index (χ2n) is 3.86. The summed E-state index contributed by atoms with van der Waals surface area (Å²) in [7, 11) is 0. The smallest absolute Gasteiger partial charge is 0.188 e. The van der Waals surface area contributed by atoms with E-state index in [0.717, 1.165) is 11.1 Å². The minimum absolute atomic E-state index is 0.0873. The van der Waals surface area contributed by atoms with E-state index in [4.69, 9.17) is 0 Å². The molecule has 0 aliphatic rings. The van der Waals surface area contributed by atoms with Gasteiger partial charge in [-0.05, 0) is 30.2 Å². The summed E-state index contributed by atoms with van der Waals surface area (Å²) in [6.45, 7) is 1.93. The molecule has 0 atom stereocenters. The van der Waals surface area contributed by atoms with Crippen LogP contribution >= 0.6 is 0 Å². The third-order valence-corrected chi connectivity index (χ3v) is 2.63. The number of carbonyl (C=O) groups is 1. The van der Waals surface area contributed by atoms with Gasteiger partial charge in [-0.3, -0.25) is 9.78 Å². The van der Waals surface area contributed by atoms with Crippen LogP contribution in [-0.2, 0) is 6.42 Å². The van der Waals surface area contributed by atoms with Gasteiger partial charge in [0, 0.05) is 12.6 Å². The molecule has 2 nitrogen and oxygen atoms in total. The van der Waals surface area contributed by atoms with Crippen LogP contribution in [0.2, 0.25) is 0 Å². The van der Waals surface area contributed by atoms with Crippen LogP contribution in [0.1, 0.15) is 21.6 Å². The topological polar surface area (TPSA) is 30.0 Å². The average Bonchev–Trinajstić information content (AvgIpc) is 2.32. The van der Waals surface area contributed by atoms with E-state index in [1.807, 2.05) is 31.2 Å². The lowest BCUT2D eigenvalue weighted by molar-refractivity contribution is 0.0983. The first-order chi connectivity index (χ1) is 8.18. The predicted octanol–water partition coefficient (Wildman–Crippen LogP) is 2.95. The monoisotopic (exact) mass is 229 g/mol. The van der Waals surface area contributed by atoms with Crippen molar-refractivity contribution < 1.29 is 9.18 Å². The maximum absolute atomic E-state index is 13.4. The van der Waals surface area contributed by atoms with Gasteiger partial charge < -0.3 is 0 Å². The molecular weight excluding hydrogens is 217 g/mol. The van der Waals surface area contributed by atoms with Crippen LogP contribution in [0, 0.1) is 12.7 Å². The molecule has 0 amide bonds. The molecule has 0 fully saturated rings. The van der Waals surface area contributed by atoms with Crippen molar-refractivity contribution >= 4 is 5.78 Å². The molecule has 0 unspecified atom stereocenters. The normalized spacial score (nSPS) is 10.2. The number of aryl methyl sites for hydroxylation is 1. The number of nitrogens with zero attached hydrogens (tertiary/aromatic N) is 1. The van der Waals surface area contributed by atoms with Gasteiger partial charge >= 0.3 is 0 Å². The zero-order valence-electron chi connectivity index (χ0n) is 9.48. The average molecular weight is 229 g/mol. The minimum atomic E-state index is -0.564. The van der Waals surface area contributed by atoms with Crippen LogP contribution < -0.4 is 0 Å². The quantitative estimate of drug-likeness (QED) is 0.757. The van der Waals surface area contributed by atoms with E-state index in [-0.39, 0.29) is 17.9 Å². The zero-order valence-corrected chi connectivity index (χ0v) is 9.48. The Balaban J connectivity index is 2.24. The number of halogens is 1. The third-order valence-electron chi connectivity index (χ3n) is 2.63. The number of ketones is 1. The maximum Gasteiger partial charge on any atom is 0.188 e. The summed E-state index contributed by atoms with van der Waals surface area (Å²) in [5, 5.41) is 0. The summed E-state index contributed by atoms with van der Waals surface area (Å²) in [6, 6.07) is 10.3. The number of Topliss-reactive ketones (excluding diaryl/α,β-unsaturated/α-hetero) is 1. The number of hydrogen-bond donors (Lipinski definition) is 0. The fourth-order valence-electron chi connectivity index (χ4n) is 1.66. The molecule has 2 rings (SSSR count). The minimum Gasteiger partial charge on any atom is -0.292 e. The van der Waals surface area contributed by atoms with Crippen LogP contribution in [0.25, 0.3) is 0 Å². The Morgan fingerprint density at radius 2 is 2.00 bits per heavy atom. The first kappa shape index (κ1) is 11.5. The van der Waals surface area contributed by atoms with Crippen LogP contribution in [0.5, 0.6) is 0 Å². The van der Waals surface area contributed by atoms with E-state index in [0.29, 0.717) is 0 Å². The van der Waals surface area contributed by atoms with Crippen molar-refractivity contribution in [2.45, 2.75) is 13.3 Å². The fraction of sp³-hybridized carbons (Fsp3) is 0.143.